The zero-order valence-electron chi connectivity index (χ0n) is 20.8. The average molecular weight is 502 g/mol. The second-order valence-corrected chi connectivity index (χ2v) is 8.61. The van der Waals surface area contributed by atoms with E-state index in [1.807, 2.05) is 6.92 Å². The number of likely N-dealkylation sites (tertiary alicyclic amines) is 1. The Bertz CT molecular complexity index is 919. The monoisotopic (exact) mass is 501 g/mol. The minimum absolute atomic E-state index is 0.0739. The summed E-state index contributed by atoms with van der Waals surface area (Å²) in [4.78, 5) is 60.1. The van der Waals surface area contributed by atoms with Crippen molar-refractivity contribution in [2.75, 3.05) is 19.6 Å². The number of nitriles is 1. The lowest BCUT2D eigenvalue weighted by Crippen LogP contribution is -2.56. The third-order valence-corrected chi connectivity index (χ3v) is 5.72. The van der Waals surface area contributed by atoms with Crippen LogP contribution in [-0.4, -0.2) is 60.6 Å². The molecule has 3 N–H and O–H groups in total. The Morgan fingerprint density at radius 3 is 2.61 bits per heavy atom. The fourth-order valence-corrected chi connectivity index (χ4v) is 3.73. The third-order valence-electron chi connectivity index (χ3n) is 5.72. The summed E-state index contributed by atoms with van der Waals surface area (Å²) in [7, 11) is 0. The van der Waals surface area contributed by atoms with Gasteiger partial charge in [0.15, 0.2) is 0 Å². The SMILES string of the molecule is CCCCNC(=O)NCC(C#N)CCC(=O)N1CCC(OOC(C)=O)CC1NC(=O)c1ccccc1. The van der Waals surface area contributed by atoms with Gasteiger partial charge in [0.25, 0.3) is 5.91 Å². The third kappa shape index (κ3) is 9.92. The summed E-state index contributed by atoms with van der Waals surface area (Å²) in [6, 6.07) is 10.4. The number of amides is 4. The molecule has 2 rings (SSSR count). The highest BCUT2D eigenvalue weighted by Gasteiger charge is 2.34. The number of hydrogen-bond donors (Lipinski definition) is 3. The second kappa shape index (κ2) is 15.4. The second-order valence-electron chi connectivity index (χ2n) is 8.61. The van der Waals surface area contributed by atoms with E-state index in [4.69, 9.17) is 4.89 Å². The number of piperidine rings is 1. The van der Waals surface area contributed by atoms with E-state index in [2.05, 4.69) is 26.9 Å². The smallest absolute Gasteiger partial charge is 0.338 e. The fraction of sp³-hybridized carbons (Fsp3) is 0.560. The molecule has 1 aromatic carbocycles. The number of nitrogens with zero attached hydrogens (tertiary/aromatic N) is 2. The Labute approximate surface area is 211 Å². The zero-order chi connectivity index (χ0) is 26.3. The number of unbranched alkanes of at least 4 members (excludes halogenated alkanes) is 1. The summed E-state index contributed by atoms with van der Waals surface area (Å²) in [5.74, 6) is -1.70. The predicted molar refractivity (Wildman–Crippen MR) is 130 cm³/mol. The largest absolute Gasteiger partial charge is 0.339 e. The molecule has 1 aliphatic rings. The van der Waals surface area contributed by atoms with Gasteiger partial charge in [-0.25, -0.2) is 9.59 Å². The summed E-state index contributed by atoms with van der Waals surface area (Å²) in [6.45, 7) is 4.22. The van der Waals surface area contributed by atoms with Crippen LogP contribution >= 0.6 is 0 Å². The summed E-state index contributed by atoms with van der Waals surface area (Å²) in [5.41, 5.74) is 0.445. The van der Waals surface area contributed by atoms with Crippen molar-refractivity contribution in [1.82, 2.24) is 20.9 Å². The van der Waals surface area contributed by atoms with E-state index < -0.39 is 24.2 Å². The average Bonchev–Trinajstić information content (AvgIpc) is 2.88. The number of carbonyl (C=O) groups excluding carboxylic acids is 4. The molecular weight excluding hydrogens is 466 g/mol. The van der Waals surface area contributed by atoms with Gasteiger partial charge in [-0.1, -0.05) is 31.5 Å². The summed E-state index contributed by atoms with van der Waals surface area (Å²) >= 11 is 0. The zero-order valence-corrected chi connectivity index (χ0v) is 20.8. The number of hydrogen-bond acceptors (Lipinski definition) is 7. The Hall–Kier alpha value is -3.65. The molecule has 1 aliphatic heterocycles. The maximum absolute atomic E-state index is 13.1. The quantitative estimate of drug-likeness (QED) is 0.226. The van der Waals surface area contributed by atoms with Crippen molar-refractivity contribution in [2.45, 2.75) is 64.6 Å². The van der Waals surface area contributed by atoms with Crippen LogP contribution in [0, 0.1) is 17.2 Å². The number of benzene rings is 1. The Kier molecular flexibility index (Phi) is 12.2. The molecule has 0 saturated carbocycles. The van der Waals surface area contributed by atoms with Gasteiger partial charge in [0.2, 0.25) is 5.91 Å². The minimum Gasteiger partial charge on any atom is -0.338 e. The molecule has 36 heavy (non-hydrogen) atoms. The first kappa shape index (κ1) is 28.6. The van der Waals surface area contributed by atoms with Crippen molar-refractivity contribution in [1.29, 1.82) is 5.26 Å². The maximum atomic E-state index is 13.1. The lowest BCUT2D eigenvalue weighted by atomic mass is 10.0. The highest BCUT2D eigenvalue weighted by atomic mass is 17.2. The van der Waals surface area contributed by atoms with E-state index in [1.54, 1.807) is 35.2 Å². The molecule has 3 unspecified atom stereocenters. The molecular formula is C25H35N5O6. The standard InChI is InChI=1S/C25H35N5O6/c1-3-4-13-27-25(34)28-17-19(16-26)10-11-23(32)30-14-12-21(36-35-18(2)31)15-22(30)29-24(33)20-8-6-5-7-9-20/h5-9,19,21-22H,3-4,10-15,17H2,1-2H3,(H,29,33)(H2,27,28,34). The Balaban J connectivity index is 1.95. The maximum Gasteiger partial charge on any atom is 0.339 e. The molecule has 0 aliphatic carbocycles. The molecule has 0 spiro atoms. The van der Waals surface area contributed by atoms with Crippen molar-refractivity contribution in [3.05, 3.63) is 35.9 Å². The van der Waals surface area contributed by atoms with Crippen LogP contribution in [0.4, 0.5) is 4.79 Å². The van der Waals surface area contributed by atoms with Gasteiger partial charge in [-0.2, -0.15) is 10.1 Å². The molecule has 3 atom stereocenters. The number of urea groups is 1. The summed E-state index contributed by atoms with van der Waals surface area (Å²) in [6.07, 6.45) is 1.65. The van der Waals surface area contributed by atoms with E-state index in [-0.39, 0.29) is 50.2 Å². The van der Waals surface area contributed by atoms with E-state index in [1.165, 1.54) is 6.92 Å². The van der Waals surface area contributed by atoms with E-state index in [9.17, 15) is 24.4 Å². The van der Waals surface area contributed by atoms with Crippen LogP contribution in [0.2, 0.25) is 0 Å². The topological polar surface area (TPSA) is 150 Å². The van der Waals surface area contributed by atoms with Crippen LogP contribution in [0.5, 0.6) is 0 Å². The van der Waals surface area contributed by atoms with Crippen molar-refractivity contribution < 1.29 is 29.0 Å². The molecule has 0 bridgehead atoms. The van der Waals surface area contributed by atoms with Gasteiger partial charge in [0.05, 0.1) is 12.0 Å². The van der Waals surface area contributed by atoms with E-state index in [0.717, 1.165) is 12.8 Å². The normalized spacial score (nSPS) is 17.9. The van der Waals surface area contributed by atoms with Crippen molar-refractivity contribution in [2.24, 2.45) is 5.92 Å². The van der Waals surface area contributed by atoms with Crippen LogP contribution in [-0.2, 0) is 19.4 Å². The molecule has 0 aromatic heterocycles. The number of rotatable bonds is 12. The number of nitrogens with one attached hydrogen (secondary N) is 3. The summed E-state index contributed by atoms with van der Waals surface area (Å²) in [5, 5.41) is 17.7. The molecule has 1 fully saturated rings. The fourth-order valence-electron chi connectivity index (χ4n) is 3.73. The predicted octanol–water partition coefficient (Wildman–Crippen LogP) is 2.25. The van der Waals surface area contributed by atoms with Crippen molar-refractivity contribution >= 4 is 23.8 Å². The lowest BCUT2D eigenvalue weighted by molar-refractivity contribution is -0.303. The number of carbonyl (C=O) groups is 4. The van der Waals surface area contributed by atoms with Crippen LogP contribution in [0.1, 0.15) is 62.7 Å². The first-order valence-corrected chi connectivity index (χ1v) is 12.2. The van der Waals surface area contributed by atoms with Crippen LogP contribution < -0.4 is 16.0 Å². The van der Waals surface area contributed by atoms with Crippen LogP contribution in [0.3, 0.4) is 0 Å². The van der Waals surface area contributed by atoms with Gasteiger partial charge >= 0.3 is 12.0 Å². The van der Waals surface area contributed by atoms with E-state index in [0.29, 0.717) is 18.5 Å². The highest BCUT2D eigenvalue weighted by molar-refractivity contribution is 5.94. The van der Waals surface area contributed by atoms with Crippen LogP contribution in [0.25, 0.3) is 0 Å². The van der Waals surface area contributed by atoms with Crippen LogP contribution in [0.15, 0.2) is 30.3 Å². The Morgan fingerprint density at radius 2 is 1.94 bits per heavy atom. The van der Waals surface area contributed by atoms with Crippen molar-refractivity contribution in [3.8, 4) is 6.07 Å². The van der Waals surface area contributed by atoms with E-state index >= 15 is 0 Å². The lowest BCUT2D eigenvalue weighted by Gasteiger charge is -2.39. The van der Waals surface area contributed by atoms with Gasteiger partial charge in [0, 0.05) is 45.0 Å². The molecule has 4 amide bonds. The minimum atomic E-state index is -0.678. The molecule has 0 radical (unpaired) electrons. The molecule has 1 aromatic rings. The van der Waals surface area contributed by atoms with Crippen molar-refractivity contribution in [3.63, 3.8) is 0 Å². The van der Waals surface area contributed by atoms with Gasteiger partial charge < -0.3 is 20.9 Å². The summed E-state index contributed by atoms with van der Waals surface area (Å²) < 4.78 is 0. The molecule has 1 saturated heterocycles. The van der Waals surface area contributed by atoms with Gasteiger partial charge in [-0.3, -0.25) is 14.5 Å². The first-order valence-electron chi connectivity index (χ1n) is 12.2. The molecule has 1 heterocycles. The van der Waals surface area contributed by atoms with Gasteiger partial charge in [-0.15, -0.1) is 0 Å². The molecule has 11 nitrogen and oxygen atoms in total. The Morgan fingerprint density at radius 1 is 1.19 bits per heavy atom. The first-order chi connectivity index (χ1) is 17.3. The van der Waals surface area contributed by atoms with Gasteiger partial charge in [0.1, 0.15) is 12.3 Å². The molecule has 11 heteroatoms. The highest BCUT2D eigenvalue weighted by Crippen LogP contribution is 2.21. The van der Waals surface area contributed by atoms with Gasteiger partial charge in [-0.05, 0) is 31.4 Å². The molecule has 196 valence electrons.